The first kappa shape index (κ1) is 23.7. The molecule has 3 rings (SSSR count). The van der Waals surface area contributed by atoms with Gasteiger partial charge < -0.3 is 5.32 Å². The third-order valence-electron chi connectivity index (χ3n) is 4.76. The van der Waals surface area contributed by atoms with Gasteiger partial charge >= 0.3 is 6.03 Å². The lowest BCUT2D eigenvalue weighted by molar-refractivity contribution is -0.117. The maximum Gasteiger partial charge on any atom is 0.321 e. The summed E-state index contributed by atoms with van der Waals surface area (Å²) in [7, 11) is 0. The summed E-state index contributed by atoms with van der Waals surface area (Å²) >= 11 is 2.58. The average Bonchev–Trinajstić information content (AvgIpc) is 3.11. The summed E-state index contributed by atoms with van der Waals surface area (Å²) in [6.07, 6.45) is 3.42. The lowest BCUT2D eigenvalue weighted by Crippen LogP contribution is -2.40. The number of unbranched alkanes of at least 4 members (excludes halogenated alkanes) is 1. The highest BCUT2D eigenvalue weighted by molar-refractivity contribution is 7.99. The Balaban J connectivity index is 1.86. The van der Waals surface area contributed by atoms with E-state index in [0.717, 1.165) is 40.6 Å². The van der Waals surface area contributed by atoms with E-state index in [0.29, 0.717) is 21.9 Å². The van der Waals surface area contributed by atoms with Crippen LogP contribution >= 0.6 is 23.1 Å². The molecule has 7 nitrogen and oxygen atoms in total. The van der Waals surface area contributed by atoms with Gasteiger partial charge in [0.2, 0.25) is 5.91 Å². The minimum absolute atomic E-state index is 0.0355. The molecule has 0 spiro atoms. The molecule has 2 heterocycles. The minimum atomic E-state index is -0.516. The van der Waals surface area contributed by atoms with Crippen molar-refractivity contribution in [2.45, 2.75) is 38.4 Å². The van der Waals surface area contributed by atoms with E-state index < -0.39 is 11.9 Å². The summed E-state index contributed by atoms with van der Waals surface area (Å²) in [4.78, 5) is 43.6. The second kappa shape index (κ2) is 11.1. The first-order valence-corrected chi connectivity index (χ1v) is 12.2. The molecule has 0 radical (unpaired) electrons. The second-order valence-electron chi connectivity index (χ2n) is 7.15. The fraction of sp³-hybridized carbons (Fsp3) is 0.304. The number of nitrogens with zero attached hydrogens (tertiary/aromatic N) is 2. The highest BCUT2D eigenvalue weighted by Gasteiger charge is 2.19. The number of rotatable bonds is 9. The fourth-order valence-corrected chi connectivity index (χ4v) is 5.22. The maximum atomic E-state index is 13.3. The quantitative estimate of drug-likeness (QED) is 0.210. The fourth-order valence-electron chi connectivity index (χ4n) is 3.18. The number of carbonyl (C=O) groups excluding carboxylic acids is 2. The van der Waals surface area contributed by atoms with Crippen LogP contribution in [0, 0.1) is 6.92 Å². The van der Waals surface area contributed by atoms with Crippen molar-refractivity contribution in [2.75, 3.05) is 12.3 Å². The number of aromatic nitrogens is 2. The van der Waals surface area contributed by atoms with Gasteiger partial charge in [-0.25, -0.2) is 9.78 Å². The van der Waals surface area contributed by atoms with Crippen molar-refractivity contribution < 1.29 is 9.59 Å². The van der Waals surface area contributed by atoms with Gasteiger partial charge in [-0.15, -0.1) is 17.9 Å². The summed E-state index contributed by atoms with van der Waals surface area (Å²) in [6.45, 7) is 8.48. The van der Waals surface area contributed by atoms with Crippen LogP contribution in [0.25, 0.3) is 20.7 Å². The number of allylic oxidation sites excluding steroid dienone is 1. The summed E-state index contributed by atoms with van der Waals surface area (Å²) in [5.74, 6) is -0.484. The molecule has 0 aliphatic carbocycles. The number of thioether (sulfide) groups is 1. The van der Waals surface area contributed by atoms with Crippen LogP contribution in [0.15, 0.2) is 52.9 Å². The summed E-state index contributed by atoms with van der Waals surface area (Å²) in [5, 5.41) is 5.95. The molecule has 0 saturated carbocycles. The van der Waals surface area contributed by atoms with Crippen LogP contribution in [-0.2, 0) is 11.3 Å². The summed E-state index contributed by atoms with van der Waals surface area (Å²) in [5.41, 5.74) is 1.76. The van der Waals surface area contributed by atoms with Crippen molar-refractivity contribution >= 4 is 45.3 Å². The van der Waals surface area contributed by atoms with Gasteiger partial charge in [0.1, 0.15) is 4.83 Å². The maximum absolute atomic E-state index is 13.3. The van der Waals surface area contributed by atoms with Gasteiger partial charge in [-0.2, -0.15) is 0 Å². The Morgan fingerprint density at radius 1 is 1.28 bits per heavy atom. The predicted octanol–water partition coefficient (Wildman–Crippen LogP) is 4.34. The lowest BCUT2D eigenvalue weighted by atomic mass is 10.1. The zero-order chi connectivity index (χ0) is 23.1. The molecule has 0 unspecified atom stereocenters. The number of urea groups is 1. The number of hydrogen-bond acceptors (Lipinski definition) is 6. The molecule has 9 heteroatoms. The monoisotopic (exact) mass is 470 g/mol. The van der Waals surface area contributed by atoms with Crippen LogP contribution in [0.5, 0.6) is 0 Å². The van der Waals surface area contributed by atoms with E-state index in [4.69, 9.17) is 0 Å². The van der Waals surface area contributed by atoms with Crippen molar-refractivity contribution in [3.05, 3.63) is 58.9 Å². The van der Waals surface area contributed by atoms with Crippen molar-refractivity contribution in [1.82, 2.24) is 20.2 Å². The number of aryl methyl sites for hydroxylation is 1. The van der Waals surface area contributed by atoms with E-state index >= 15 is 0 Å². The molecule has 1 aromatic carbocycles. The van der Waals surface area contributed by atoms with Crippen molar-refractivity contribution in [3.8, 4) is 10.4 Å². The van der Waals surface area contributed by atoms with Gasteiger partial charge in [0.25, 0.3) is 5.56 Å². The largest absolute Gasteiger partial charge is 0.338 e. The third-order valence-corrected chi connectivity index (χ3v) is 6.98. The molecule has 3 aromatic rings. The smallest absolute Gasteiger partial charge is 0.321 e. The minimum Gasteiger partial charge on any atom is -0.338 e. The standard InChI is InChI=1S/C23H26N4O3S2/c1-4-6-12-24-22(30)25-17(28)14-31-23-26-20-18(21(29)27(23)13-5-2)15(3)19(32-20)16-10-8-7-9-11-16/h5,7-11H,2,4,6,12-14H2,1,3H3,(H2,24,25,28,30). The first-order chi connectivity index (χ1) is 15.5. The topological polar surface area (TPSA) is 93.1 Å². The van der Waals surface area contributed by atoms with E-state index in [1.165, 1.54) is 15.9 Å². The number of hydrogen-bond donors (Lipinski definition) is 2. The van der Waals surface area contributed by atoms with E-state index in [-0.39, 0.29) is 17.9 Å². The van der Waals surface area contributed by atoms with Gasteiger partial charge in [0.05, 0.1) is 11.1 Å². The van der Waals surface area contributed by atoms with Crippen molar-refractivity contribution in [2.24, 2.45) is 0 Å². The SMILES string of the molecule is C=CCn1c(SCC(=O)NC(=O)NCCCC)nc2sc(-c3ccccc3)c(C)c2c1=O. The molecule has 0 fully saturated rings. The number of benzene rings is 1. The predicted molar refractivity (Wildman–Crippen MR) is 131 cm³/mol. The Hall–Kier alpha value is -2.91. The van der Waals surface area contributed by atoms with E-state index in [9.17, 15) is 14.4 Å². The highest BCUT2D eigenvalue weighted by atomic mass is 32.2. The van der Waals surface area contributed by atoms with E-state index in [2.05, 4.69) is 22.2 Å². The van der Waals surface area contributed by atoms with Gasteiger partial charge in [-0.1, -0.05) is 61.5 Å². The lowest BCUT2D eigenvalue weighted by Gasteiger charge is -2.10. The van der Waals surface area contributed by atoms with E-state index in [1.54, 1.807) is 6.08 Å². The number of thiophene rings is 1. The second-order valence-corrected chi connectivity index (χ2v) is 9.09. The highest BCUT2D eigenvalue weighted by Crippen LogP contribution is 2.36. The Bertz CT molecular complexity index is 1190. The normalized spacial score (nSPS) is 10.8. The Kier molecular flexibility index (Phi) is 8.24. The van der Waals surface area contributed by atoms with Crippen LogP contribution in [0.2, 0.25) is 0 Å². The van der Waals surface area contributed by atoms with Gasteiger partial charge in [0.15, 0.2) is 5.16 Å². The Morgan fingerprint density at radius 3 is 2.72 bits per heavy atom. The number of amides is 3. The zero-order valence-corrected chi connectivity index (χ0v) is 19.8. The number of carbonyl (C=O) groups is 2. The Labute approximate surface area is 194 Å². The third kappa shape index (κ3) is 5.46. The molecular weight excluding hydrogens is 444 g/mol. The molecule has 0 aliphatic heterocycles. The molecule has 3 amide bonds. The number of fused-ring (bicyclic) bond motifs is 1. The van der Waals surface area contributed by atoms with Crippen LogP contribution in [-0.4, -0.2) is 33.8 Å². The molecule has 0 bridgehead atoms. The molecule has 168 valence electrons. The Morgan fingerprint density at radius 2 is 2.03 bits per heavy atom. The molecule has 2 N–H and O–H groups in total. The summed E-state index contributed by atoms with van der Waals surface area (Å²) < 4.78 is 1.52. The average molecular weight is 471 g/mol. The van der Waals surface area contributed by atoms with Gasteiger partial charge in [-0.3, -0.25) is 19.5 Å². The first-order valence-electron chi connectivity index (χ1n) is 10.4. The molecule has 32 heavy (non-hydrogen) atoms. The summed E-state index contributed by atoms with van der Waals surface area (Å²) in [6, 6.07) is 9.36. The zero-order valence-electron chi connectivity index (χ0n) is 18.1. The van der Waals surface area contributed by atoms with Crippen LogP contribution in [0.3, 0.4) is 0 Å². The van der Waals surface area contributed by atoms with Crippen LogP contribution in [0.1, 0.15) is 25.3 Å². The molecular formula is C23H26N4O3S2. The van der Waals surface area contributed by atoms with Crippen molar-refractivity contribution in [1.29, 1.82) is 0 Å². The van der Waals surface area contributed by atoms with E-state index in [1.807, 2.05) is 44.2 Å². The van der Waals surface area contributed by atoms with Crippen molar-refractivity contribution in [3.63, 3.8) is 0 Å². The number of nitrogens with one attached hydrogen (secondary N) is 2. The van der Waals surface area contributed by atoms with Gasteiger partial charge in [0, 0.05) is 18.0 Å². The molecule has 0 saturated heterocycles. The van der Waals surface area contributed by atoms with Crippen LogP contribution < -0.4 is 16.2 Å². The molecule has 0 aliphatic rings. The van der Waals surface area contributed by atoms with Gasteiger partial charge in [-0.05, 0) is 24.5 Å². The molecule has 2 aromatic heterocycles. The van der Waals surface area contributed by atoms with Crippen LogP contribution in [0.4, 0.5) is 4.79 Å². The number of imide groups is 1. The molecule has 0 atom stereocenters.